The Balaban J connectivity index is 2.49. The van der Waals surface area contributed by atoms with Crippen LogP contribution in [0.2, 0.25) is 0 Å². The molecule has 0 bridgehead atoms. The third kappa shape index (κ3) is 1.97. The van der Waals surface area contributed by atoms with Gasteiger partial charge in [0.05, 0.1) is 21.3 Å². The van der Waals surface area contributed by atoms with E-state index >= 15 is 0 Å². The van der Waals surface area contributed by atoms with Crippen LogP contribution >= 0.6 is 11.3 Å². The summed E-state index contributed by atoms with van der Waals surface area (Å²) in [5.74, 6) is 0.637. The van der Waals surface area contributed by atoms with Crippen LogP contribution < -0.4 is 5.32 Å². The smallest absolute Gasteiger partial charge is 0.222 e. The van der Waals surface area contributed by atoms with Crippen LogP contribution in [-0.2, 0) is 0 Å². The van der Waals surface area contributed by atoms with Gasteiger partial charge in [-0.15, -0.1) is 11.3 Å². The number of hydrogen-bond acceptors (Lipinski definition) is 5. The standard InChI is InChI=1S/C10H12N4S/c1-6-9(15-7(2)13-6)8-4-5-12-10(11-3)14-8/h4-5H,1-3H3,(H,11,12,14). The average molecular weight is 220 g/mol. The van der Waals surface area contributed by atoms with Gasteiger partial charge in [0.2, 0.25) is 5.95 Å². The summed E-state index contributed by atoms with van der Waals surface area (Å²) in [4.78, 5) is 14.0. The maximum atomic E-state index is 4.38. The number of anilines is 1. The predicted octanol–water partition coefficient (Wildman–Crippen LogP) is 2.26. The van der Waals surface area contributed by atoms with Gasteiger partial charge in [-0.05, 0) is 19.9 Å². The highest BCUT2D eigenvalue weighted by Crippen LogP contribution is 2.28. The van der Waals surface area contributed by atoms with Crippen molar-refractivity contribution in [3.05, 3.63) is 23.0 Å². The zero-order chi connectivity index (χ0) is 10.8. The van der Waals surface area contributed by atoms with Crippen molar-refractivity contribution in [2.45, 2.75) is 13.8 Å². The predicted molar refractivity (Wildman–Crippen MR) is 62.2 cm³/mol. The zero-order valence-corrected chi connectivity index (χ0v) is 9.72. The average Bonchev–Trinajstić information content (AvgIpc) is 2.58. The monoisotopic (exact) mass is 220 g/mol. The van der Waals surface area contributed by atoms with Crippen molar-refractivity contribution < 1.29 is 0 Å². The number of thiazole rings is 1. The van der Waals surface area contributed by atoms with Gasteiger partial charge in [-0.25, -0.2) is 15.0 Å². The molecule has 0 saturated carbocycles. The van der Waals surface area contributed by atoms with Crippen LogP contribution in [0.1, 0.15) is 10.7 Å². The number of aryl methyl sites for hydroxylation is 2. The molecule has 0 unspecified atom stereocenters. The third-order valence-electron chi connectivity index (χ3n) is 2.02. The topological polar surface area (TPSA) is 50.7 Å². The van der Waals surface area contributed by atoms with Crippen molar-refractivity contribution >= 4 is 17.3 Å². The van der Waals surface area contributed by atoms with E-state index in [0.29, 0.717) is 5.95 Å². The Hall–Kier alpha value is -1.49. The molecule has 2 aromatic heterocycles. The fourth-order valence-electron chi connectivity index (χ4n) is 1.37. The fraction of sp³-hybridized carbons (Fsp3) is 0.300. The van der Waals surface area contributed by atoms with Crippen LogP contribution in [0.3, 0.4) is 0 Å². The van der Waals surface area contributed by atoms with Crippen LogP contribution in [-0.4, -0.2) is 22.0 Å². The molecule has 0 radical (unpaired) electrons. The molecule has 0 aliphatic heterocycles. The molecule has 5 heteroatoms. The minimum atomic E-state index is 0.637. The van der Waals surface area contributed by atoms with E-state index in [1.54, 1.807) is 17.5 Å². The van der Waals surface area contributed by atoms with Crippen molar-refractivity contribution in [1.29, 1.82) is 0 Å². The molecule has 78 valence electrons. The molecule has 0 amide bonds. The van der Waals surface area contributed by atoms with Crippen molar-refractivity contribution in [3.63, 3.8) is 0 Å². The van der Waals surface area contributed by atoms with Gasteiger partial charge < -0.3 is 5.32 Å². The van der Waals surface area contributed by atoms with Crippen LogP contribution in [0.15, 0.2) is 12.3 Å². The highest BCUT2D eigenvalue weighted by Gasteiger charge is 2.09. The van der Waals surface area contributed by atoms with Gasteiger partial charge in [0, 0.05) is 13.2 Å². The second-order valence-electron chi connectivity index (χ2n) is 3.16. The van der Waals surface area contributed by atoms with Crippen LogP contribution in [0.5, 0.6) is 0 Å². The molecule has 0 aliphatic carbocycles. The third-order valence-corrected chi connectivity index (χ3v) is 3.11. The Labute approximate surface area is 92.4 Å². The molecule has 0 aromatic carbocycles. The largest absolute Gasteiger partial charge is 0.357 e. The summed E-state index contributed by atoms with van der Waals surface area (Å²) < 4.78 is 0. The van der Waals surface area contributed by atoms with Gasteiger partial charge in [-0.1, -0.05) is 0 Å². The Kier molecular flexibility index (Phi) is 2.64. The van der Waals surface area contributed by atoms with Gasteiger partial charge in [-0.3, -0.25) is 0 Å². The number of hydrogen-bond donors (Lipinski definition) is 1. The van der Waals surface area contributed by atoms with Gasteiger partial charge in [0.1, 0.15) is 0 Å². The second-order valence-corrected chi connectivity index (χ2v) is 4.37. The molecular formula is C10H12N4S. The van der Waals surface area contributed by atoms with Crippen molar-refractivity contribution in [2.75, 3.05) is 12.4 Å². The van der Waals surface area contributed by atoms with Crippen LogP contribution in [0.25, 0.3) is 10.6 Å². The summed E-state index contributed by atoms with van der Waals surface area (Å²) in [5.41, 5.74) is 1.95. The zero-order valence-electron chi connectivity index (χ0n) is 8.90. The number of nitrogens with one attached hydrogen (secondary N) is 1. The molecular weight excluding hydrogens is 208 g/mol. The van der Waals surface area contributed by atoms with E-state index in [0.717, 1.165) is 21.3 Å². The summed E-state index contributed by atoms with van der Waals surface area (Å²) in [7, 11) is 1.81. The molecule has 0 fully saturated rings. The molecule has 4 nitrogen and oxygen atoms in total. The first-order valence-electron chi connectivity index (χ1n) is 4.66. The maximum absolute atomic E-state index is 4.38. The Bertz CT molecular complexity index is 478. The first-order valence-corrected chi connectivity index (χ1v) is 5.47. The minimum Gasteiger partial charge on any atom is -0.357 e. The summed E-state index contributed by atoms with van der Waals surface area (Å²) >= 11 is 1.66. The lowest BCUT2D eigenvalue weighted by Crippen LogP contribution is -1.96. The second kappa shape index (κ2) is 3.94. The van der Waals surface area contributed by atoms with Gasteiger partial charge >= 0.3 is 0 Å². The summed E-state index contributed by atoms with van der Waals surface area (Å²) in [6.45, 7) is 4.00. The van der Waals surface area contributed by atoms with E-state index in [2.05, 4.69) is 20.3 Å². The molecule has 15 heavy (non-hydrogen) atoms. The van der Waals surface area contributed by atoms with E-state index in [1.165, 1.54) is 0 Å². The maximum Gasteiger partial charge on any atom is 0.222 e. The molecule has 0 spiro atoms. The van der Waals surface area contributed by atoms with E-state index < -0.39 is 0 Å². The SMILES string of the molecule is CNc1nccc(-c2sc(C)nc2C)n1. The van der Waals surface area contributed by atoms with E-state index in [4.69, 9.17) is 0 Å². The fourth-order valence-corrected chi connectivity index (χ4v) is 2.26. The molecule has 0 saturated heterocycles. The van der Waals surface area contributed by atoms with Crippen LogP contribution in [0.4, 0.5) is 5.95 Å². The lowest BCUT2D eigenvalue weighted by atomic mass is 10.3. The number of rotatable bonds is 2. The Morgan fingerprint density at radius 3 is 2.67 bits per heavy atom. The summed E-state index contributed by atoms with van der Waals surface area (Å²) in [5, 5.41) is 3.99. The molecule has 0 aliphatic rings. The van der Waals surface area contributed by atoms with E-state index in [9.17, 15) is 0 Å². The van der Waals surface area contributed by atoms with Crippen molar-refractivity contribution in [3.8, 4) is 10.6 Å². The lowest BCUT2D eigenvalue weighted by molar-refractivity contribution is 1.15. The van der Waals surface area contributed by atoms with Gasteiger partial charge in [0.25, 0.3) is 0 Å². The van der Waals surface area contributed by atoms with Gasteiger partial charge in [-0.2, -0.15) is 0 Å². The highest BCUT2D eigenvalue weighted by molar-refractivity contribution is 7.15. The van der Waals surface area contributed by atoms with Gasteiger partial charge in [0.15, 0.2) is 0 Å². The Morgan fingerprint density at radius 1 is 1.27 bits per heavy atom. The molecule has 1 N–H and O–H groups in total. The highest BCUT2D eigenvalue weighted by atomic mass is 32.1. The quantitative estimate of drug-likeness (QED) is 0.843. The first-order chi connectivity index (χ1) is 7.20. The summed E-state index contributed by atoms with van der Waals surface area (Å²) in [6, 6.07) is 1.90. The molecule has 0 atom stereocenters. The van der Waals surface area contributed by atoms with Crippen molar-refractivity contribution in [1.82, 2.24) is 15.0 Å². The minimum absolute atomic E-state index is 0.637. The van der Waals surface area contributed by atoms with Crippen LogP contribution in [0, 0.1) is 13.8 Å². The lowest BCUT2D eigenvalue weighted by Gasteiger charge is -2.00. The van der Waals surface area contributed by atoms with E-state index in [-0.39, 0.29) is 0 Å². The normalized spacial score (nSPS) is 10.3. The molecule has 2 rings (SSSR count). The number of nitrogens with zero attached hydrogens (tertiary/aromatic N) is 3. The van der Waals surface area contributed by atoms with E-state index in [1.807, 2.05) is 27.0 Å². The molecule has 2 aromatic rings. The Morgan fingerprint density at radius 2 is 2.07 bits per heavy atom. The number of aromatic nitrogens is 3. The first kappa shape index (κ1) is 10.0. The summed E-state index contributed by atoms with van der Waals surface area (Å²) in [6.07, 6.45) is 1.75. The van der Waals surface area contributed by atoms with Crippen molar-refractivity contribution in [2.24, 2.45) is 0 Å². The molecule has 2 heterocycles.